The van der Waals surface area contributed by atoms with E-state index in [1.807, 2.05) is 0 Å². The SMILES string of the molecule is O=[N+]([O-])c1cc([N+](=O)[O-])c([O-])c([N+](=O)[O-])c1.c1ccc2c(c1)C[N+]1(CCCCCCC1)C2. The van der Waals surface area contributed by atoms with Crippen LogP contribution in [0.4, 0.5) is 17.1 Å². The van der Waals surface area contributed by atoms with Gasteiger partial charge >= 0.3 is 0 Å². The molecular weight excluding hydrogens is 420 g/mol. The van der Waals surface area contributed by atoms with Gasteiger partial charge in [0.15, 0.2) is 0 Å². The lowest BCUT2D eigenvalue weighted by Gasteiger charge is -2.35. The molecule has 0 atom stereocenters. The van der Waals surface area contributed by atoms with E-state index in [2.05, 4.69) is 24.3 Å². The summed E-state index contributed by atoms with van der Waals surface area (Å²) in [5, 5.41) is 42.1. The highest BCUT2D eigenvalue weighted by Crippen LogP contribution is 2.37. The third kappa shape index (κ3) is 5.17. The Morgan fingerprint density at radius 3 is 1.53 bits per heavy atom. The molecule has 0 unspecified atom stereocenters. The van der Waals surface area contributed by atoms with Crippen LogP contribution in [0.3, 0.4) is 0 Å². The zero-order valence-corrected chi connectivity index (χ0v) is 17.5. The van der Waals surface area contributed by atoms with E-state index in [9.17, 15) is 35.4 Å². The number of benzene rings is 2. The maximum Gasteiger partial charge on any atom is 0.283 e. The van der Waals surface area contributed by atoms with Crippen molar-refractivity contribution in [2.45, 2.75) is 45.2 Å². The normalized spacial score (nSPS) is 16.8. The molecular formula is C21H24N4O7. The van der Waals surface area contributed by atoms with E-state index in [0.29, 0.717) is 12.1 Å². The topological polar surface area (TPSA) is 152 Å². The van der Waals surface area contributed by atoms with E-state index in [-0.39, 0.29) is 0 Å². The van der Waals surface area contributed by atoms with Crippen LogP contribution in [-0.2, 0) is 13.1 Å². The second kappa shape index (κ2) is 9.69. The average molecular weight is 444 g/mol. The van der Waals surface area contributed by atoms with Crippen molar-refractivity contribution in [3.63, 3.8) is 0 Å². The van der Waals surface area contributed by atoms with Crippen molar-refractivity contribution in [1.82, 2.24) is 0 Å². The fourth-order valence-electron chi connectivity index (χ4n) is 4.46. The Balaban J connectivity index is 0.000000181. The van der Waals surface area contributed by atoms with Gasteiger partial charge < -0.3 is 9.59 Å². The number of fused-ring (bicyclic) bond motifs is 1. The molecule has 0 saturated carbocycles. The number of hydrogen-bond acceptors (Lipinski definition) is 7. The second-order valence-corrected chi connectivity index (χ2v) is 8.23. The third-order valence-electron chi connectivity index (χ3n) is 6.03. The molecule has 2 heterocycles. The summed E-state index contributed by atoms with van der Waals surface area (Å²) in [6.07, 6.45) is 7.25. The highest BCUT2D eigenvalue weighted by molar-refractivity contribution is 5.64. The molecule has 2 aliphatic heterocycles. The van der Waals surface area contributed by atoms with E-state index in [1.165, 1.54) is 62.8 Å². The largest absolute Gasteiger partial charge is 0.863 e. The molecule has 11 nitrogen and oxygen atoms in total. The van der Waals surface area contributed by atoms with Crippen molar-refractivity contribution in [1.29, 1.82) is 0 Å². The number of nitro groups is 3. The highest BCUT2D eigenvalue weighted by atomic mass is 16.6. The number of non-ortho nitro benzene ring substituents is 1. The first-order valence-corrected chi connectivity index (χ1v) is 10.4. The van der Waals surface area contributed by atoms with Crippen molar-refractivity contribution in [2.75, 3.05) is 13.1 Å². The van der Waals surface area contributed by atoms with Crippen LogP contribution in [0.1, 0.15) is 43.2 Å². The molecule has 4 rings (SSSR count). The first-order chi connectivity index (χ1) is 15.2. The standard InChI is InChI=1S/C15H22N.C6H3N3O7/c1-2-6-10-16(11-7-3-1)12-14-8-4-5-9-15(14)13-16;10-6-4(8(13)14)1-3(7(11)12)2-5(6)9(15)16/h4-5,8-9H,1-3,6-7,10-13H2;1-2,10H/q+1;/p-1. The number of rotatable bonds is 3. The summed E-state index contributed by atoms with van der Waals surface area (Å²) in [4.78, 5) is 27.5. The lowest BCUT2D eigenvalue weighted by Crippen LogP contribution is -2.44. The van der Waals surface area contributed by atoms with E-state index in [1.54, 1.807) is 11.1 Å². The van der Waals surface area contributed by atoms with Crippen molar-refractivity contribution in [3.8, 4) is 5.75 Å². The molecule has 1 fully saturated rings. The predicted molar refractivity (Wildman–Crippen MR) is 113 cm³/mol. The van der Waals surface area contributed by atoms with Gasteiger partial charge in [-0.15, -0.1) is 0 Å². The van der Waals surface area contributed by atoms with Crippen LogP contribution in [0.25, 0.3) is 0 Å². The summed E-state index contributed by atoms with van der Waals surface area (Å²) in [5.74, 6) is -1.46. The van der Waals surface area contributed by atoms with Gasteiger partial charge in [0.1, 0.15) is 13.1 Å². The van der Waals surface area contributed by atoms with Crippen molar-refractivity contribution < 1.29 is 24.4 Å². The maximum absolute atomic E-state index is 11.1. The molecule has 1 saturated heterocycles. The molecule has 2 aromatic carbocycles. The Morgan fingerprint density at radius 2 is 1.12 bits per heavy atom. The van der Waals surface area contributed by atoms with Gasteiger partial charge in [0.2, 0.25) is 0 Å². The van der Waals surface area contributed by atoms with E-state index in [0.717, 1.165) is 0 Å². The minimum Gasteiger partial charge on any atom is -0.863 e. The number of nitrogens with zero attached hydrogens (tertiary/aromatic N) is 4. The molecule has 2 aliphatic rings. The summed E-state index contributed by atoms with van der Waals surface area (Å²) in [6, 6.07) is 9.84. The highest BCUT2D eigenvalue weighted by Gasteiger charge is 2.35. The van der Waals surface area contributed by atoms with Crippen molar-refractivity contribution in [3.05, 3.63) is 77.9 Å². The zero-order valence-electron chi connectivity index (χ0n) is 17.5. The molecule has 0 amide bonds. The monoisotopic (exact) mass is 444 g/mol. The third-order valence-corrected chi connectivity index (χ3v) is 6.03. The van der Waals surface area contributed by atoms with Crippen LogP contribution in [0, 0.1) is 30.3 Å². The van der Waals surface area contributed by atoms with Gasteiger partial charge in [0.25, 0.3) is 17.1 Å². The second-order valence-electron chi connectivity index (χ2n) is 8.23. The summed E-state index contributed by atoms with van der Waals surface area (Å²) < 4.78 is 1.36. The first kappa shape index (κ1) is 23.1. The predicted octanol–water partition coefficient (Wildman–Crippen LogP) is 3.97. The van der Waals surface area contributed by atoms with Crippen molar-refractivity contribution >= 4 is 17.1 Å². The molecule has 32 heavy (non-hydrogen) atoms. The lowest BCUT2D eigenvalue weighted by molar-refractivity contribution is -0.948. The van der Waals surface area contributed by atoms with Crippen LogP contribution in [0.5, 0.6) is 5.75 Å². The fourth-order valence-corrected chi connectivity index (χ4v) is 4.46. The minimum absolute atomic E-state index is 0.384. The molecule has 1 spiro atoms. The summed E-state index contributed by atoms with van der Waals surface area (Å²) in [5.41, 5.74) is -0.0362. The molecule has 170 valence electrons. The zero-order chi connectivity index (χ0) is 23.3. The number of hydrogen-bond donors (Lipinski definition) is 0. The number of nitro benzene ring substituents is 3. The van der Waals surface area contributed by atoms with Crippen LogP contribution < -0.4 is 5.11 Å². The van der Waals surface area contributed by atoms with Crippen LogP contribution in [0.2, 0.25) is 0 Å². The molecule has 0 radical (unpaired) electrons. The molecule has 0 aliphatic carbocycles. The smallest absolute Gasteiger partial charge is 0.283 e. The van der Waals surface area contributed by atoms with E-state index in [4.69, 9.17) is 0 Å². The van der Waals surface area contributed by atoms with Gasteiger partial charge in [-0.1, -0.05) is 30.7 Å². The fraction of sp³-hybridized carbons (Fsp3) is 0.429. The first-order valence-electron chi connectivity index (χ1n) is 10.4. The lowest BCUT2D eigenvalue weighted by atomic mass is 10.1. The summed E-state index contributed by atoms with van der Waals surface area (Å²) in [7, 11) is 0. The van der Waals surface area contributed by atoms with Crippen LogP contribution in [0.15, 0.2) is 36.4 Å². The van der Waals surface area contributed by atoms with Gasteiger partial charge in [-0.25, -0.2) is 0 Å². The minimum atomic E-state index is -1.46. The average Bonchev–Trinajstić information content (AvgIpc) is 3.10. The Labute approximate surface area is 183 Å². The Bertz CT molecular complexity index is 971. The van der Waals surface area contributed by atoms with E-state index >= 15 is 0 Å². The summed E-state index contributed by atoms with van der Waals surface area (Å²) in [6.45, 7) is 5.43. The molecule has 0 aromatic heterocycles. The molecule has 0 N–H and O–H groups in total. The van der Waals surface area contributed by atoms with Crippen LogP contribution in [-0.4, -0.2) is 32.3 Å². The Kier molecular flexibility index (Phi) is 6.98. The maximum atomic E-state index is 11.1. The molecule has 2 aromatic rings. The van der Waals surface area contributed by atoms with E-state index < -0.39 is 37.6 Å². The van der Waals surface area contributed by atoms with Crippen molar-refractivity contribution in [2.24, 2.45) is 0 Å². The number of quaternary nitrogens is 1. The van der Waals surface area contributed by atoms with Gasteiger partial charge in [0.05, 0.1) is 45.7 Å². The van der Waals surface area contributed by atoms with Gasteiger partial charge in [0, 0.05) is 11.1 Å². The molecule has 11 heteroatoms. The Hall–Kier alpha value is -3.60. The quantitative estimate of drug-likeness (QED) is 0.394. The van der Waals surface area contributed by atoms with Gasteiger partial charge in [-0.05, 0) is 25.7 Å². The summed E-state index contributed by atoms with van der Waals surface area (Å²) >= 11 is 0. The van der Waals surface area contributed by atoms with Crippen LogP contribution >= 0.6 is 0 Å². The Morgan fingerprint density at radius 1 is 0.688 bits per heavy atom. The van der Waals surface area contributed by atoms with Gasteiger partial charge in [-0.3, -0.25) is 30.3 Å². The van der Waals surface area contributed by atoms with Gasteiger partial charge in [-0.2, -0.15) is 0 Å². The molecule has 0 bridgehead atoms.